The van der Waals surface area contributed by atoms with Crippen LogP contribution in [0.2, 0.25) is 0 Å². The largest absolute Gasteiger partial charge is 1.00 e. The molecule has 0 aliphatic carbocycles. The number of aromatic nitrogens is 1. The molecule has 0 spiro atoms. The van der Waals surface area contributed by atoms with Gasteiger partial charge in [-0.05, 0) is 74.6 Å². The molecule has 0 unspecified atom stereocenters. The third kappa shape index (κ3) is 9.13. The van der Waals surface area contributed by atoms with Gasteiger partial charge in [0, 0.05) is 28.6 Å². The Morgan fingerprint density at radius 3 is 2.15 bits per heavy atom. The summed E-state index contributed by atoms with van der Waals surface area (Å²) in [5.41, 5.74) is 3.61. The number of aliphatic carboxylic acids is 1. The van der Waals surface area contributed by atoms with E-state index in [9.17, 15) is 32.6 Å². The second-order valence-corrected chi connectivity index (χ2v) is 12.7. The first-order valence-electron chi connectivity index (χ1n) is 14.4. The second-order valence-electron chi connectivity index (χ2n) is 11.1. The van der Waals surface area contributed by atoms with Crippen molar-refractivity contribution in [1.29, 1.82) is 0 Å². The molecular weight excluding hydrogens is 624 g/mol. The Bertz CT molecular complexity index is 1790. The van der Waals surface area contributed by atoms with E-state index in [1.54, 1.807) is 12.1 Å². The summed E-state index contributed by atoms with van der Waals surface area (Å²) in [4.78, 5) is 25.1. The van der Waals surface area contributed by atoms with Crippen molar-refractivity contribution in [3.8, 4) is 22.3 Å². The molecule has 0 radical (unpaired) electrons. The van der Waals surface area contributed by atoms with Gasteiger partial charge >= 0.3 is 35.5 Å². The molecule has 240 valence electrons. The van der Waals surface area contributed by atoms with E-state index >= 15 is 0 Å². The quantitative estimate of drug-likeness (QED) is 0.137. The fourth-order valence-electron chi connectivity index (χ4n) is 5.45. The van der Waals surface area contributed by atoms with Gasteiger partial charge in [0.1, 0.15) is 11.5 Å². The first kappa shape index (κ1) is 37.1. The van der Waals surface area contributed by atoms with Crippen LogP contribution in [0.4, 0.5) is 10.1 Å². The average molecular weight is 662 g/mol. The van der Waals surface area contributed by atoms with Gasteiger partial charge in [-0.15, -0.1) is 0 Å². The maximum atomic E-state index is 14.2. The molecule has 6 N–H and O–H groups in total. The molecule has 0 aliphatic heterocycles. The minimum absolute atomic E-state index is 0. The Kier molecular flexibility index (Phi) is 12.9. The molecule has 13 heteroatoms. The van der Waals surface area contributed by atoms with Gasteiger partial charge in [0.25, 0.3) is 5.91 Å². The van der Waals surface area contributed by atoms with Crippen LogP contribution in [0.25, 0.3) is 22.3 Å². The molecular formula is C33H37FN3NaO7S. The molecule has 1 aromatic heterocycles. The van der Waals surface area contributed by atoms with E-state index in [1.807, 2.05) is 48.7 Å². The van der Waals surface area contributed by atoms with Gasteiger partial charge < -0.3 is 26.6 Å². The number of nitrogens with one attached hydrogen (secondary N) is 1. The number of nitrogens with two attached hydrogens (primary N) is 1. The molecule has 0 bridgehead atoms. The fraction of sp³-hybridized carbons (Fsp3) is 0.273. The summed E-state index contributed by atoms with van der Waals surface area (Å²) in [6, 6.07) is 20.3. The van der Waals surface area contributed by atoms with E-state index in [4.69, 9.17) is 10.2 Å². The van der Waals surface area contributed by atoms with Crippen LogP contribution >= 0.6 is 0 Å². The van der Waals surface area contributed by atoms with Gasteiger partial charge in [-0.1, -0.05) is 48.5 Å². The van der Waals surface area contributed by atoms with E-state index in [1.165, 1.54) is 36.4 Å². The first-order valence-corrected chi connectivity index (χ1v) is 15.9. The molecule has 0 fully saturated rings. The number of primary sulfonamides is 1. The number of carbonyl (C=O) groups excluding carboxylic acids is 1. The molecule has 4 aromatic rings. The van der Waals surface area contributed by atoms with Crippen molar-refractivity contribution in [3.05, 3.63) is 96.1 Å². The summed E-state index contributed by atoms with van der Waals surface area (Å²) in [6.07, 6.45) is -2.59. The average Bonchev–Trinajstić information content (AvgIpc) is 3.32. The third-order valence-electron chi connectivity index (χ3n) is 7.32. The SMILES string of the molecule is CC(C)n1c(CC[C@@H](O)C[C@@H](O)CC(=O)O)c(-c2ccc(F)cc2)c(-c2ccccc2)c1C(=O)Nc1cccc(S(N)(=O)=O)c1.[H-].[Na+]. The molecule has 0 aliphatic rings. The number of benzene rings is 3. The van der Waals surface area contributed by atoms with Crippen LogP contribution in [0.5, 0.6) is 0 Å². The number of hydrogen-bond donors (Lipinski definition) is 5. The number of halogens is 1. The Morgan fingerprint density at radius 1 is 0.935 bits per heavy atom. The molecule has 10 nitrogen and oxygen atoms in total. The number of anilines is 1. The maximum Gasteiger partial charge on any atom is 1.00 e. The minimum atomic E-state index is -4.03. The molecule has 4 rings (SSSR count). The maximum absolute atomic E-state index is 14.2. The van der Waals surface area contributed by atoms with E-state index in [0.29, 0.717) is 27.9 Å². The molecule has 2 atom stereocenters. The van der Waals surface area contributed by atoms with E-state index < -0.39 is 46.3 Å². The Hall–Kier alpha value is -3.36. The summed E-state index contributed by atoms with van der Waals surface area (Å²) in [7, 11) is -4.03. The monoisotopic (exact) mass is 661 g/mol. The normalized spacial score (nSPS) is 12.8. The Balaban J connectivity index is 0.00000384. The zero-order chi connectivity index (χ0) is 32.9. The smallest absolute Gasteiger partial charge is 1.00 e. The number of aliphatic hydroxyl groups excluding tert-OH is 2. The second kappa shape index (κ2) is 16.0. The third-order valence-corrected chi connectivity index (χ3v) is 8.23. The van der Waals surface area contributed by atoms with Crippen molar-refractivity contribution >= 4 is 27.6 Å². The van der Waals surface area contributed by atoms with Gasteiger partial charge in [-0.3, -0.25) is 9.59 Å². The summed E-state index contributed by atoms with van der Waals surface area (Å²) in [5.74, 6) is -2.17. The number of aliphatic hydroxyl groups is 2. The van der Waals surface area contributed by atoms with Crippen LogP contribution in [-0.2, 0) is 21.2 Å². The van der Waals surface area contributed by atoms with Crippen LogP contribution in [0.3, 0.4) is 0 Å². The predicted molar refractivity (Wildman–Crippen MR) is 170 cm³/mol. The number of sulfonamides is 1. The number of amides is 1. The molecule has 1 amide bonds. The molecule has 46 heavy (non-hydrogen) atoms. The number of rotatable bonds is 13. The molecule has 1 heterocycles. The van der Waals surface area contributed by atoms with Gasteiger partial charge in [0.05, 0.1) is 23.5 Å². The predicted octanol–water partition coefficient (Wildman–Crippen LogP) is 2.08. The summed E-state index contributed by atoms with van der Waals surface area (Å²) in [6.45, 7) is 3.77. The number of carboxylic acids is 1. The number of nitrogens with zero attached hydrogens (tertiary/aromatic N) is 1. The number of hydrogen-bond acceptors (Lipinski definition) is 6. The van der Waals surface area contributed by atoms with Crippen LogP contribution in [0, 0.1) is 5.82 Å². The van der Waals surface area contributed by atoms with E-state index in [2.05, 4.69) is 5.32 Å². The van der Waals surface area contributed by atoms with E-state index in [-0.39, 0.29) is 72.6 Å². The van der Waals surface area contributed by atoms with Crippen LogP contribution in [0.1, 0.15) is 56.8 Å². The topological polar surface area (TPSA) is 172 Å². The number of carboxylic acid groups (broad SMARTS) is 1. The molecule has 3 aromatic carbocycles. The van der Waals surface area contributed by atoms with Gasteiger partial charge in [0.2, 0.25) is 10.0 Å². The van der Waals surface area contributed by atoms with Crippen LogP contribution in [0.15, 0.2) is 83.8 Å². The fourth-order valence-corrected chi connectivity index (χ4v) is 6.01. The summed E-state index contributed by atoms with van der Waals surface area (Å²) >= 11 is 0. The van der Waals surface area contributed by atoms with Crippen LogP contribution in [-0.4, -0.2) is 52.4 Å². The van der Waals surface area contributed by atoms with Crippen molar-refractivity contribution < 1.29 is 68.7 Å². The van der Waals surface area contributed by atoms with E-state index in [0.717, 1.165) is 0 Å². The van der Waals surface area contributed by atoms with Gasteiger partial charge in [-0.25, -0.2) is 17.9 Å². The van der Waals surface area contributed by atoms with Crippen molar-refractivity contribution in [1.82, 2.24) is 4.57 Å². The zero-order valence-corrected chi connectivity index (χ0v) is 28.7. The summed E-state index contributed by atoms with van der Waals surface area (Å²) < 4.78 is 39.8. The van der Waals surface area contributed by atoms with Crippen LogP contribution < -0.4 is 40.0 Å². The Labute approximate surface area is 290 Å². The first-order chi connectivity index (χ1) is 21.3. The standard InChI is InChI=1S/C33H36FN3O7S.Na.H/c1-20(2)37-28(16-15-25(38)18-26(39)19-29(40)41)30(22-11-13-23(34)14-12-22)31(21-7-4-3-5-8-21)32(37)33(42)36-24-9-6-10-27(17-24)45(35,43)44;;/h3-14,17,20,25-26,38-39H,15-16,18-19H2,1-2H3,(H,36,42)(H,40,41)(H2,35,43,44);;/q;+1;-1/t25-,26-;;/m1../s1. The van der Waals surface area contributed by atoms with Crippen molar-refractivity contribution in [2.75, 3.05) is 5.32 Å². The molecule has 0 saturated carbocycles. The van der Waals surface area contributed by atoms with Crippen molar-refractivity contribution in [2.24, 2.45) is 5.14 Å². The minimum Gasteiger partial charge on any atom is -1.00 e. The van der Waals surface area contributed by atoms with Crippen molar-refractivity contribution in [2.45, 2.75) is 62.7 Å². The number of carbonyl (C=O) groups is 2. The van der Waals surface area contributed by atoms with Crippen molar-refractivity contribution in [3.63, 3.8) is 0 Å². The van der Waals surface area contributed by atoms with Gasteiger partial charge in [0.15, 0.2) is 0 Å². The van der Waals surface area contributed by atoms with Gasteiger partial charge in [-0.2, -0.15) is 0 Å². The zero-order valence-electron chi connectivity index (χ0n) is 26.9. The summed E-state index contributed by atoms with van der Waals surface area (Å²) in [5, 5.41) is 38.0. The molecule has 0 saturated heterocycles. The Morgan fingerprint density at radius 2 is 1.57 bits per heavy atom.